The van der Waals surface area contributed by atoms with Gasteiger partial charge in [0.15, 0.2) is 5.16 Å². The van der Waals surface area contributed by atoms with Crippen LogP contribution in [-0.4, -0.2) is 26.8 Å². The van der Waals surface area contributed by atoms with Gasteiger partial charge < -0.3 is 5.32 Å². The lowest BCUT2D eigenvalue weighted by Gasteiger charge is -2.25. The summed E-state index contributed by atoms with van der Waals surface area (Å²) in [5.41, 5.74) is 0.654. The molecular weight excluding hydrogens is 358 g/mol. The summed E-state index contributed by atoms with van der Waals surface area (Å²) in [4.78, 5) is 30.4. The third kappa shape index (κ3) is 4.54. The number of nitrogens with zero attached hydrogens (tertiary/aromatic N) is 2. The Morgan fingerprint density at radius 1 is 1.26 bits per heavy atom. The van der Waals surface area contributed by atoms with Crippen LogP contribution in [0.15, 0.2) is 34.2 Å². The summed E-state index contributed by atoms with van der Waals surface area (Å²) in [6.07, 6.45) is 6.59. The van der Waals surface area contributed by atoms with Crippen molar-refractivity contribution in [3.05, 3.63) is 34.6 Å². The first-order valence-electron chi connectivity index (χ1n) is 9.99. The Balaban J connectivity index is 1.86. The van der Waals surface area contributed by atoms with Crippen LogP contribution in [0.25, 0.3) is 10.9 Å². The fraction of sp³-hybridized carbons (Fsp3) is 0.571. The molecule has 1 N–H and O–H groups in total. The van der Waals surface area contributed by atoms with Gasteiger partial charge in [-0.05, 0) is 45.2 Å². The lowest BCUT2D eigenvalue weighted by molar-refractivity contribution is -0.121. The molecule has 1 saturated carbocycles. The number of thioether (sulfide) groups is 1. The number of carbonyl (C=O) groups is 1. The molecule has 3 rings (SSSR count). The highest BCUT2D eigenvalue weighted by Crippen LogP contribution is 2.26. The van der Waals surface area contributed by atoms with E-state index in [0.717, 1.165) is 19.3 Å². The minimum absolute atomic E-state index is 0.0302. The SMILES string of the molecule is CC[C@H](C)n1c(S[C@H](C)C(=O)NC2CCCCC2)nc2ccccc2c1=O. The van der Waals surface area contributed by atoms with Crippen molar-refractivity contribution in [3.8, 4) is 0 Å². The smallest absolute Gasteiger partial charge is 0.262 e. The van der Waals surface area contributed by atoms with E-state index in [4.69, 9.17) is 4.98 Å². The van der Waals surface area contributed by atoms with Crippen LogP contribution in [0.4, 0.5) is 0 Å². The number of amides is 1. The van der Waals surface area contributed by atoms with Crippen LogP contribution in [0, 0.1) is 0 Å². The van der Waals surface area contributed by atoms with E-state index in [0.29, 0.717) is 16.1 Å². The molecule has 1 heterocycles. The first-order valence-corrected chi connectivity index (χ1v) is 10.9. The highest BCUT2D eigenvalue weighted by atomic mass is 32.2. The van der Waals surface area contributed by atoms with E-state index in [1.165, 1.54) is 31.0 Å². The minimum Gasteiger partial charge on any atom is -0.352 e. The molecule has 27 heavy (non-hydrogen) atoms. The molecule has 0 saturated heterocycles. The summed E-state index contributed by atoms with van der Waals surface area (Å²) in [5, 5.41) is 4.13. The van der Waals surface area contributed by atoms with Crippen LogP contribution in [-0.2, 0) is 4.79 Å². The second-order valence-electron chi connectivity index (χ2n) is 7.45. The van der Waals surface area contributed by atoms with Crippen molar-refractivity contribution in [1.82, 2.24) is 14.9 Å². The fourth-order valence-electron chi connectivity index (χ4n) is 3.56. The lowest BCUT2D eigenvalue weighted by Crippen LogP contribution is -2.40. The Morgan fingerprint density at radius 2 is 1.96 bits per heavy atom. The van der Waals surface area contributed by atoms with E-state index in [1.807, 2.05) is 38.1 Å². The van der Waals surface area contributed by atoms with Gasteiger partial charge in [-0.25, -0.2) is 4.98 Å². The van der Waals surface area contributed by atoms with Crippen LogP contribution >= 0.6 is 11.8 Å². The molecule has 2 aromatic rings. The molecule has 0 aliphatic heterocycles. The largest absolute Gasteiger partial charge is 0.352 e. The normalized spacial score (nSPS) is 17.6. The molecule has 5 nitrogen and oxygen atoms in total. The molecule has 1 aromatic carbocycles. The molecular formula is C21H29N3O2S. The Labute approximate surface area is 164 Å². The molecule has 6 heteroatoms. The van der Waals surface area contributed by atoms with E-state index in [9.17, 15) is 9.59 Å². The summed E-state index contributed by atoms with van der Waals surface area (Å²) in [6.45, 7) is 5.97. The summed E-state index contributed by atoms with van der Waals surface area (Å²) in [7, 11) is 0. The number of hydrogen-bond donors (Lipinski definition) is 1. The number of nitrogens with one attached hydrogen (secondary N) is 1. The zero-order chi connectivity index (χ0) is 19.4. The van der Waals surface area contributed by atoms with Crippen molar-refractivity contribution >= 4 is 28.6 Å². The summed E-state index contributed by atoms with van der Waals surface area (Å²) in [6, 6.07) is 7.74. The van der Waals surface area contributed by atoms with Gasteiger partial charge >= 0.3 is 0 Å². The second-order valence-corrected chi connectivity index (χ2v) is 8.76. The Kier molecular flexibility index (Phi) is 6.58. The van der Waals surface area contributed by atoms with Gasteiger partial charge in [-0.15, -0.1) is 0 Å². The van der Waals surface area contributed by atoms with Crippen LogP contribution in [0.3, 0.4) is 0 Å². The standard InChI is InChI=1S/C21H29N3O2S/c1-4-14(2)24-20(26)17-12-8-9-13-18(17)23-21(24)27-15(3)19(25)22-16-10-6-5-7-11-16/h8-9,12-16H,4-7,10-11H2,1-3H3,(H,22,25)/t14-,15+/m0/s1. The number of aromatic nitrogens is 2. The molecule has 0 spiro atoms. The number of carbonyl (C=O) groups excluding carboxylic acids is 1. The predicted molar refractivity (Wildman–Crippen MR) is 111 cm³/mol. The monoisotopic (exact) mass is 387 g/mol. The van der Waals surface area contributed by atoms with Gasteiger partial charge in [-0.1, -0.05) is 50.1 Å². The lowest BCUT2D eigenvalue weighted by atomic mass is 9.95. The Morgan fingerprint density at radius 3 is 2.67 bits per heavy atom. The van der Waals surface area contributed by atoms with Gasteiger partial charge in [0, 0.05) is 12.1 Å². The zero-order valence-corrected chi connectivity index (χ0v) is 17.2. The van der Waals surface area contributed by atoms with E-state index in [1.54, 1.807) is 4.57 Å². The first-order chi connectivity index (χ1) is 13.0. The molecule has 0 bridgehead atoms. The first kappa shape index (κ1) is 19.9. The molecule has 146 valence electrons. The second kappa shape index (κ2) is 8.91. The third-order valence-electron chi connectivity index (χ3n) is 5.41. The molecule has 1 aliphatic carbocycles. The topological polar surface area (TPSA) is 64.0 Å². The molecule has 2 atom stereocenters. The van der Waals surface area contributed by atoms with Crippen molar-refractivity contribution in [3.63, 3.8) is 0 Å². The Hall–Kier alpha value is -1.82. The van der Waals surface area contributed by atoms with Crippen molar-refractivity contribution in [2.24, 2.45) is 0 Å². The van der Waals surface area contributed by atoms with Gasteiger partial charge in [0.05, 0.1) is 16.2 Å². The molecule has 1 fully saturated rings. The Bertz CT molecular complexity index is 858. The summed E-state index contributed by atoms with van der Waals surface area (Å²) in [5.74, 6) is 0.0324. The number of rotatable bonds is 6. The van der Waals surface area contributed by atoms with Crippen LogP contribution in [0.5, 0.6) is 0 Å². The quantitative estimate of drug-likeness (QED) is 0.593. The fourth-order valence-corrected chi connectivity index (χ4v) is 4.58. The molecule has 1 aliphatic rings. The van der Waals surface area contributed by atoms with E-state index in [-0.39, 0.29) is 28.8 Å². The van der Waals surface area contributed by atoms with E-state index < -0.39 is 0 Å². The third-order valence-corrected chi connectivity index (χ3v) is 6.48. The molecule has 1 amide bonds. The van der Waals surface area contributed by atoms with E-state index in [2.05, 4.69) is 12.2 Å². The highest BCUT2D eigenvalue weighted by molar-refractivity contribution is 8.00. The zero-order valence-electron chi connectivity index (χ0n) is 16.4. The van der Waals surface area contributed by atoms with Crippen molar-refractivity contribution < 1.29 is 4.79 Å². The summed E-state index contributed by atoms with van der Waals surface area (Å²) < 4.78 is 1.75. The van der Waals surface area contributed by atoms with Gasteiger partial charge in [-0.2, -0.15) is 0 Å². The maximum atomic E-state index is 13.0. The number of para-hydroxylation sites is 1. The van der Waals surface area contributed by atoms with Crippen molar-refractivity contribution in [2.75, 3.05) is 0 Å². The van der Waals surface area contributed by atoms with Crippen molar-refractivity contribution in [2.45, 2.75) is 81.8 Å². The maximum Gasteiger partial charge on any atom is 0.262 e. The predicted octanol–water partition coefficient (Wildman–Crippen LogP) is 4.30. The maximum absolute atomic E-state index is 13.0. The average Bonchev–Trinajstić information content (AvgIpc) is 2.68. The summed E-state index contributed by atoms with van der Waals surface area (Å²) >= 11 is 1.38. The van der Waals surface area contributed by atoms with Gasteiger partial charge in [0.25, 0.3) is 5.56 Å². The van der Waals surface area contributed by atoms with Crippen LogP contribution < -0.4 is 10.9 Å². The van der Waals surface area contributed by atoms with Gasteiger partial charge in [0.2, 0.25) is 5.91 Å². The van der Waals surface area contributed by atoms with Gasteiger partial charge in [0.1, 0.15) is 0 Å². The minimum atomic E-state index is -0.296. The van der Waals surface area contributed by atoms with Crippen LogP contribution in [0.2, 0.25) is 0 Å². The van der Waals surface area contributed by atoms with E-state index >= 15 is 0 Å². The highest BCUT2D eigenvalue weighted by Gasteiger charge is 2.23. The number of hydrogen-bond acceptors (Lipinski definition) is 4. The average molecular weight is 388 g/mol. The molecule has 0 radical (unpaired) electrons. The van der Waals surface area contributed by atoms with Crippen molar-refractivity contribution in [1.29, 1.82) is 0 Å². The number of benzene rings is 1. The number of fused-ring (bicyclic) bond motifs is 1. The molecule has 1 aromatic heterocycles. The van der Waals surface area contributed by atoms with Gasteiger partial charge in [-0.3, -0.25) is 14.2 Å². The van der Waals surface area contributed by atoms with Crippen LogP contribution in [0.1, 0.15) is 65.3 Å². The molecule has 0 unspecified atom stereocenters.